The first-order valence-electron chi connectivity index (χ1n) is 5.67. The summed E-state index contributed by atoms with van der Waals surface area (Å²) in [5.74, 6) is -0.522. The van der Waals surface area contributed by atoms with Gasteiger partial charge in [0.05, 0.1) is 6.21 Å². The predicted molar refractivity (Wildman–Crippen MR) is 71.4 cm³/mol. The van der Waals surface area contributed by atoms with Gasteiger partial charge in [-0.05, 0) is 17.7 Å². The second-order valence-electron chi connectivity index (χ2n) is 3.98. The maximum Gasteiger partial charge on any atom is 0.268 e. The molecular weight excluding hydrogens is 228 g/mol. The SMILES string of the molecule is CC(O)C(=O)N/N=C\c1cccc2ccccc12. The van der Waals surface area contributed by atoms with Crippen LogP contribution in [0.4, 0.5) is 0 Å². The van der Waals surface area contributed by atoms with Crippen molar-refractivity contribution in [1.82, 2.24) is 5.43 Å². The molecule has 0 aliphatic heterocycles. The normalized spacial score (nSPS) is 12.8. The van der Waals surface area contributed by atoms with Crippen molar-refractivity contribution in [2.75, 3.05) is 0 Å². The maximum absolute atomic E-state index is 11.1. The summed E-state index contributed by atoms with van der Waals surface area (Å²) in [5, 5.41) is 15.0. The van der Waals surface area contributed by atoms with E-state index in [-0.39, 0.29) is 0 Å². The van der Waals surface area contributed by atoms with Crippen molar-refractivity contribution >= 4 is 22.9 Å². The number of carbonyl (C=O) groups excluding carboxylic acids is 1. The van der Waals surface area contributed by atoms with E-state index in [1.165, 1.54) is 6.92 Å². The smallest absolute Gasteiger partial charge is 0.268 e. The van der Waals surface area contributed by atoms with Crippen molar-refractivity contribution < 1.29 is 9.90 Å². The Bertz CT molecular complexity index is 586. The van der Waals surface area contributed by atoms with E-state index in [4.69, 9.17) is 5.11 Å². The first-order chi connectivity index (χ1) is 8.68. The molecule has 18 heavy (non-hydrogen) atoms. The van der Waals surface area contributed by atoms with Gasteiger partial charge in [-0.25, -0.2) is 5.43 Å². The van der Waals surface area contributed by atoms with Crippen LogP contribution >= 0.6 is 0 Å². The van der Waals surface area contributed by atoms with Gasteiger partial charge in [-0.1, -0.05) is 42.5 Å². The number of hydrogen-bond donors (Lipinski definition) is 2. The number of amides is 1. The lowest BCUT2D eigenvalue weighted by Crippen LogP contribution is -2.28. The standard InChI is InChI=1S/C14H14N2O2/c1-10(17)14(18)16-15-9-12-7-4-6-11-5-2-3-8-13(11)12/h2-10,17H,1H3,(H,16,18)/b15-9-. The molecule has 0 spiro atoms. The van der Waals surface area contributed by atoms with E-state index in [1.54, 1.807) is 6.21 Å². The van der Waals surface area contributed by atoms with Crippen molar-refractivity contribution in [3.63, 3.8) is 0 Å². The Morgan fingerprint density at radius 3 is 2.78 bits per heavy atom. The number of nitrogens with zero attached hydrogens (tertiary/aromatic N) is 1. The molecule has 0 saturated carbocycles. The number of hydrogen-bond acceptors (Lipinski definition) is 3. The third kappa shape index (κ3) is 2.73. The molecule has 2 aromatic carbocycles. The predicted octanol–water partition coefficient (Wildman–Crippen LogP) is 1.67. The lowest BCUT2D eigenvalue weighted by atomic mass is 10.1. The average Bonchev–Trinajstić information content (AvgIpc) is 2.38. The summed E-state index contributed by atoms with van der Waals surface area (Å²) < 4.78 is 0. The molecule has 2 N–H and O–H groups in total. The Kier molecular flexibility index (Phi) is 3.69. The minimum absolute atomic E-state index is 0.522. The molecule has 4 nitrogen and oxygen atoms in total. The number of aliphatic hydroxyl groups excluding tert-OH is 1. The number of hydrazone groups is 1. The molecule has 1 atom stereocenters. The quantitative estimate of drug-likeness (QED) is 0.635. The van der Waals surface area contributed by atoms with Crippen LogP contribution in [-0.2, 0) is 4.79 Å². The lowest BCUT2D eigenvalue weighted by Gasteiger charge is -2.03. The summed E-state index contributed by atoms with van der Waals surface area (Å²) >= 11 is 0. The van der Waals surface area contributed by atoms with Crippen LogP contribution in [0, 0.1) is 0 Å². The molecule has 2 rings (SSSR count). The zero-order valence-electron chi connectivity index (χ0n) is 10.00. The monoisotopic (exact) mass is 242 g/mol. The molecule has 0 aliphatic carbocycles. The number of nitrogens with one attached hydrogen (secondary N) is 1. The molecule has 2 aromatic rings. The summed E-state index contributed by atoms with van der Waals surface area (Å²) in [6.45, 7) is 1.39. The van der Waals surface area contributed by atoms with Crippen LogP contribution < -0.4 is 5.43 Å². The highest BCUT2D eigenvalue weighted by molar-refractivity contribution is 5.99. The summed E-state index contributed by atoms with van der Waals surface area (Å²) in [7, 11) is 0. The average molecular weight is 242 g/mol. The van der Waals surface area contributed by atoms with Gasteiger partial charge in [0.1, 0.15) is 6.10 Å². The van der Waals surface area contributed by atoms with E-state index in [0.29, 0.717) is 0 Å². The van der Waals surface area contributed by atoms with E-state index in [9.17, 15) is 4.79 Å². The Morgan fingerprint density at radius 2 is 2.00 bits per heavy atom. The second-order valence-corrected chi connectivity index (χ2v) is 3.98. The van der Waals surface area contributed by atoms with E-state index >= 15 is 0 Å². The zero-order valence-corrected chi connectivity index (χ0v) is 10.00. The first kappa shape index (κ1) is 12.3. The summed E-state index contributed by atoms with van der Waals surface area (Å²) in [6.07, 6.45) is 0.512. The highest BCUT2D eigenvalue weighted by Crippen LogP contribution is 2.16. The summed E-state index contributed by atoms with van der Waals surface area (Å²) in [5.41, 5.74) is 3.19. The van der Waals surface area contributed by atoms with Crippen LogP contribution in [0.3, 0.4) is 0 Å². The van der Waals surface area contributed by atoms with Gasteiger partial charge in [-0.3, -0.25) is 4.79 Å². The highest BCUT2D eigenvalue weighted by atomic mass is 16.3. The molecule has 0 heterocycles. The minimum atomic E-state index is -1.06. The Labute approximate surface area is 105 Å². The van der Waals surface area contributed by atoms with Gasteiger partial charge in [0.25, 0.3) is 5.91 Å². The summed E-state index contributed by atoms with van der Waals surface area (Å²) in [6, 6.07) is 13.8. The van der Waals surface area contributed by atoms with Gasteiger partial charge >= 0.3 is 0 Å². The van der Waals surface area contributed by atoms with Crippen molar-refractivity contribution in [3.8, 4) is 0 Å². The number of carbonyl (C=O) groups is 1. The van der Waals surface area contributed by atoms with Crippen LogP contribution in [0.15, 0.2) is 47.6 Å². The molecule has 1 amide bonds. The fourth-order valence-corrected chi connectivity index (χ4v) is 1.62. The van der Waals surface area contributed by atoms with Gasteiger partial charge in [0.15, 0.2) is 0 Å². The Hall–Kier alpha value is -2.20. The zero-order chi connectivity index (χ0) is 13.0. The molecule has 0 saturated heterocycles. The number of benzene rings is 2. The molecule has 1 unspecified atom stereocenters. The molecular formula is C14H14N2O2. The van der Waals surface area contributed by atoms with Gasteiger partial charge in [-0.2, -0.15) is 5.10 Å². The van der Waals surface area contributed by atoms with Crippen molar-refractivity contribution in [1.29, 1.82) is 0 Å². The fourth-order valence-electron chi connectivity index (χ4n) is 1.62. The van der Waals surface area contributed by atoms with Crippen molar-refractivity contribution in [2.24, 2.45) is 5.10 Å². The van der Waals surface area contributed by atoms with Crippen molar-refractivity contribution in [2.45, 2.75) is 13.0 Å². The van der Waals surface area contributed by atoms with Gasteiger partial charge in [0.2, 0.25) is 0 Å². The van der Waals surface area contributed by atoms with E-state index in [1.807, 2.05) is 42.5 Å². The van der Waals surface area contributed by atoms with Crippen LogP contribution in [0.2, 0.25) is 0 Å². The molecule has 0 radical (unpaired) electrons. The highest BCUT2D eigenvalue weighted by Gasteiger charge is 2.05. The largest absolute Gasteiger partial charge is 0.383 e. The molecule has 0 bridgehead atoms. The third-order valence-electron chi connectivity index (χ3n) is 2.58. The topological polar surface area (TPSA) is 61.7 Å². The van der Waals surface area contributed by atoms with Crippen LogP contribution in [0.25, 0.3) is 10.8 Å². The van der Waals surface area contributed by atoms with Crippen LogP contribution in [-0.4, -0.2) is 23.3 Å². The number of aliphatic hydroxyl groups is 1. The Morgan fingerprint density at radius 1 is 1.28 bits per heavy atom. The molecule has 92 valence electrons. The summed E-state index contributed by atoms with van der Waals surface area (Å²) in [4.78, 5) is 11.1. The minimum Gasteiger partial charge on any atom is -0.383 e. The van der Waals surface area contributed by atoms with Crippen molar-refractivity contribution in [3.05, 3.63) is 48.0 Å². The third-order valence-corrected chi connectivity index (χ3v) is 2.58. The van der Waals surface area contributed by atoms with Gasteiger partial charge in [0, 0.05) is 5.56 Å². The molecule has 4 heteroatoms. The fraction of sp³-hybridized carbons (Fsp3) is 0.143. The first-order valence-corrected chi connectivity index (χ1v) is 5.67. The van der Waals surface area contributed by atoms with E-state index in [0.717, 1.165) is 16.3 Å². The van der Waals surface area contributed by atoms with Crippen LogP contribution in [0.1, 0.15) is 12.5 Å². The molecule has 0 aliphatic rings. The van der Waals surface area contributed by atoms with Gasteiger partial charge in [-0.15, -0.1) is 0 Å². The lowest BCUT2D eigenvalue weighted by molar-refractivity contribution is -0.128. The maximum atomic E-state index is 11.1. The second kappa shape index (κ2) is 5.42. The number of fused-ring (bicyclic) bond motifs is 1. The molecule has 0 fully saturated rings. The van der Waals surface area contributed by atoms with E-state index in [2.05, 4.69) is 10.5 Å². The Balaban J connectivity index is 2.22. The van der Waals surface area contributed by atoms with Gasteiger partial charge < -0.3 is 5.11 Å². The molecule has 0 aromatic heterocycles. The van der Waals surface area contributed by atoms with Crippen LogP contribution in [0.5, 0.6) is 0 Å². The number of rotatable bonds is 3. The van der Waals surface area contributed by atoms with E-state index < -0.39 is 12.0 Å².